The molecule has 1 N–H and O–H groups in total. The molecular formula is C16H32O4. The summed E-state index contributed by atoms with van der Waals surface area (Å²) in [7, 11) is 0. The second-order valence-corrected chi connectivity index (χ2v) is 6.86. The minimum Gasteiger partial charge on any atom is -0.479 e. The van der Waals surface area contributed by atoms with Gasteiger partial charge in [-0.15, -0.1) is 0 Å². The van der Waals surface area contributed by atoms with Crippen LogP contribution in [0.1, 0.15) is 73.6 Å². The Morgan fingerprint density at radius 2 is 1.85 bits per heavy atom. The van der Waals surface area contributed by atoms with Crippen LogP contribution in [-0.2, 0) is 14.6 Å². The van der Waals surface area contributed by atoms with E-state index in [4.69, 9.17) is 9.78 Å². The number of unbranched alkanes of at least 4 members (excludes halogenated alkanes) is 1. The Morgan fingerprint density at radius 1 is 1.25 bits per heavy atom. The third-order valence-electron chi connectivity index (χ3n) is 3.52. The predicted molar refractivity (Wildman–Crippen MR) is 80.5 cm³/mol. The topological polar surface area (TPSA) is 55.8 Å². The molecule has 1 atom stereocenters. The number of carboxylic acids is 1. The number of aliphatic carboxylic acids is 1. The van der Waals surface area contributed by atoms with Crippen LogP contribution in [-0.4, -0.2) is 23.3 Å². The summed E-state index contributed by atoms with van der Waals surface area (Å²) in [5, 5.41) is 9.42. The summed E-state index contributed by atoms with van der Waals surface area (Å²) in [5.74, 6) is -0.362. The van der Waals surface area contributed by atoms with Gasteiger partial charge < -0.3 is 5.11 Å². The first-order chi connectivity index (χ1) is 9.19. The molecule has 0 aromatic carbocycles. The van der Waals surface area contributed by atoms with Crippen LogP contribution < -0.4 is 0 Å². The van der Waals surface area contributed by atoms with E-state index in [0.29, 0.717) is 25.4 Å². The van der Waals surface area contributed by atoms with E-state index < -0.39 is 11.6 Å². The molecule has 0 aromatic heterocycles. The van der Waals surface area contributed by atoms with Gasteiger partial charge in [-0.05, 0) is 30.6 Å². The molecule has 0 radical (unpaired) electrons. The lowest BCUT2D eigenvalue weighted by Crippen LogP contribution is -2.42. The molecule has 20 heavy (non-hydrogen) atoms. The van der Waals surface area contributed by atoms with Crippen molar-refractivity contribution in [1.29, 1.82) is 0 Å². The quantitative estimate of drug-likeness (QED) is 0.451. The summed E-state index contributed by atoms with van der Waals surface area (Å²) in [6.45, 7) is 12.8. The van der Waals surface area contributed by atoms with E-state index in [-0.39, 0.29) is 5.41 Å². The molecule has 0 aliphatic rings. The Morgan fingerprint density at radius 3 is 2.25 bits per heavy atom. The third kappa shape index (κ3) is 6.71. The van der Waals surface area contributed by atoms with Gasteiger partial charge in [-0.1, -0.05) is 54.4 Å². The minimum absolute atomic E-state index is 0.0170. The second kappa shape index (κ2) is 8.63. The molecule has 0 aliphatic carbocycles. The van der Waals surface area contributed by atoms with Crippen LogP contribution in [0, 0.1) is 11.3 Å². The van der Waals surface area contributed by atoms with Crippen molar-refractivity contribution in [3.05, 3.63) is 0 Å². The van der Waals surface area contributed by atoms with Gasteiger partial charge in [-0.3, -0.25) is 0 Å². The zero-order valence-electron chi connectivity index (χ0n) is 14.0. The van der Waals surface area contributed by atoms with Crippen molar-refractivity contribution >= 4 is 5.97 Å². The molecule has 0 aromatic rings. The van der Waals surface area contributed by atoms with Gasteiger partial charge in [0.25, 0.3) is 0 Å². The molecule has 1 unspecified atom stereocenters. The Hall–Kier alpha value is -0.610. The number of carbonyl (C=O) groups is 1. The Kier molecular flexibility index (Phi) is 8.36. The first-order valence-electron chi connectivity index (χ1n) is 7.73. The van der Waals surface area contributed by atoms with Crippen LogP contribution in [0.5, 0.6) is 0 Å². The minimum atomic E-state index is -1.20. The van der Waals surface area contributed by atoms with Gasteiger partial charge >= 0.3 is 5.97 Å². The van der Waals surface area contributed by atoms with Gasteiger partial charge in [0.2, 0.25) is 0 Å². The molecule has 120 valence electrons. The van der Waals surface area contributed by atoms with Crippen molar-refractivity contribution in [2.24, 2.45) is 11.3 Å². The highest BCUT2D eigenvalue weighted by molar-refractivity contribution is 5.77. The van der Waals surface area contributed by atoms with Crippen LogP contribution >= 0.6 is 0 Å². The normalized spacial score (nSPS) is 15.3. The second-order valence-electron chi connectivity index (χ2n) is 6.86. The largest absolute Gasteiger partial charge is 0.479 e. The number of rotatable bonds is 11. The van der Waals surface area contributed by atoms with Crippen molar-refractivity contribution in [3.8, 4) is 0 Å². The average molecular weight is 288 g/mol. The molecule has 0 spiro atoms. The molecule has 0 amide bonds. The number of carboxylic acid groups (broad SMARTS) is 1. The highest BCUT2D eigenvalue weighted by atomic mass is 17.2. The first kappa shape index (κ1) is 19.4. The molecule has 0 fully saturated rings. The third-order valence-corrected chi connectivity index (χ3v) is 3.52. The fourth-order valence-corrected chi connectivity index (χ4v) is 2.50. The molecule has 4 nitrogen and oxygen atoms in total. The van der Waals surface area contributed by atoms with Gasteiger partial charge in [0.15, 0.2) is 5.60 Å². The molecule has 0 bridgehead atoms. The van der Waals surface area contributed by atoms with E-state index in [1.807, 2.05) is 13.8 Å². The van der Waals surface area contributed by atoms with Crippen molar-refractivity contribution in [2.75, 3.05) is 6.61 Å². The predicted octanol–water partition coefficient (Wildman–Crippen LogP) is 4.43. The van der Waals surface area contributed by atoms with Crippen LogP contribution in [0.4, 0.5) is 0 Å². The summed E-state index contributed by atoms with van der Waals surface area (Å²) in [5.41, 5.74) is -1.22. The Labute approximate surface area is 123 Å². The van der Waals surface area contributed by atoms with Crippen molar-refractivity contribution in [3.63, 3.8) is 0 Å². The molecule has 0 heterocycles. The van der Waals surface area contributed by atoms with Gasteiger partial charge in [0.1, 0.15) is 0 Å². The van der Waals surface area contributed by atoms with Crippen LogP contribution in [0.25, 0.3) is 0 Å². The van der Waals surface area contributed by atoms with Crippen molar-refractivity contribution in [1.82, 2.24) is 0 Å². The lowest BCUT2D eigenvalue weighted by molar-refractivity contribution is -0.366. The SMILES string of the molecule is CCCCC(CC)(OOCC(C)(C)CC(C)C)C(=O)O. The van der Waals surface area contributed by atoms with Crippen molar-refractivity contribution in [2.45, 2.75) is 79.2 Å². The first-order valence-corrected chi connectivity index (χ1v) is 7.73. The maximum atomic E-state index is 11.5. The van der Waals surface area contributed by atoms with Crippen LogP contribution in [0.2, 0.25) is 0 Å². The summed E-state index contributed by atoms with van der Waals surface area (Å²) < 4.78 is 0. The van der Waals surface area contributed by atoms with Gasteiger partial charge in [0, 0.05) is 0 Å². The van der Waals surface area contributed by atoms with Gasteiger partial charge in [0.05, 0.1) is 6.61 Å². The summed E-state index contributed by atoms with van der Waals surface area (Å²) in [6, 6.07) is 0. The summed E-state index contributed by atoms with van der Waals surface area (Å²) in [4.78, 5) is 22.2. The number of hydrogen-bond acceptors (Lipinski definition) is 3. The van der Waals surface area contributed by atoms with E-state index >= 15 is 0 Å². The van der Waals surface area contributed by atoms with Crippen LogP contribution in [0.3, 0.4) is 0 Å². The van der Waals surface area contributed by atoms with Crippen molar-refractivity contribution < 1.29 is 19.7 Å². The molecule has 0 saturated heterocycles. The maximum absolute atomic E-state index is 11.5. The molecule has 0 aliphatic heterocycles. The molecular weight excluding hydrogens is 256 g/mol. The average Bonchev–Trinajstić information content (AvgIpc) is 2.31. The monoisotopic (exact) mass is 288 g/mol. The van der Waals surface area contributed by atoms with Gasteiger partial charge in [-0.2, -0.15) is 0 Å². The lowest BCUT2D eigenvalue weighted by Gasteiger charge is -2.30. The van der Waals surface area contributed by atoms with Gasteiger partial charge in [-0.25, -0.2) is 14.6 Å². The fraction of sp³-hybridized carbons (Fsp3) is 0.938. The van der Waals surface area contributed by atoms with E-state index in [9.17, 15) is 9.90 Å². The van der Waals surface area contributed by atoms with E-state index in [1.54, 1.807) is 0 Å². The summed E-state index contributed by atoms with van der Waals surface area (Å²) >= 11 is 0. The smallest absolute Gasteiger partial charge is 0.339 e. The van der Waals surface area contributed by atoms with Crippen LogP contribution in [0.15, 0.2) is 0 Å². The lowest BCUT2D eigenvalue weighted by atomic mass is 9.85. The fourth-order valence-electron chi connectivity index (χ4n) is 2.50. The highest BCUT2D eigenvalue weighted by Crippen LogP contribution is 2.29. The maximum Gasteiger partial charge on any atom is 0.339 e. The molecule has 0 saturated carbocycles. The highest BCUT2D eigenvalue weighted by Gasteiger charge is 2.39. The Bertz CT molecular complexity index is 286. The van der Waals surface area contributed by atoms with E-state index in [1.165, 1.54) is 0 Å². The van der Waals surface area contributed by atoms with E-state index in [2.05, 4.69) is 27.7 Å². The zero-order chi connectivity index (χ0) is 15.8. The van der Waals surface area contributed by atoms with E-state index in [0.717, 1.165) is 19.3 Å². The standard InChI is InChI=1S/C16H32O4/c1-7-9-10-16(8-2,14(17)18)20-19-12-15(5,6)11-13(3)4/h13H,7-12H2,1-6H3,(H,17,18). The number of hydrogen-bond donors (Lipinski definition) is 1. The molecule has 0 rings (SSSR count). The zero-order valence-corrected chi connectivity index (χ0v) is 14.0. The Balaban J connectivity index is 4.50. The molecule has 4 heteroatoms. The summed E-state index contributed by atoms with van der Waals surface area (Å²) in [6.07, 6.45) is 3.67.